The summed E-state index contributed by atoms with van der Waals surface area (Å²) in [6, 6.07) is 13.4. The highest BCUT2D eigenvalue weighted by atomic mass is 32.2. The van der Waals surface area contributed by atoms with Crippen LogP contribution in [0.5, 0.6) is 0 Å². The number of benzene rings is 2. The van der Waals surface area contributed by atoms with Crippen LogP contribution in [0.3, 0.4) is 0 Å². The van der Waals surface area contributed by atoms with Gasteiger partial charge < -0.3 is 5.32 Å². The number of amides is 1. The maximum Gasteiger partial charge on any atom is 0.262 e. The van der Waals surface area contributed by atoms with Crippen molar-refractivity contribution in [2.75, 3.05) is 5.32 Å². The van der Waals surface area contributed by atoms with Crippen LogP contribution in [0.25, 0.3) is 10.9 Å². The number of hydrogen-bond donors (Lipinski definition) is 1. The van der Waals surface area contributed by atoms with Crippen LogP contribution < -0.4 is 10.9 Å². The van der Waals surface area contributed by atoms with E-state index in [0.29, 0.717) is 28.5 Å². The summed E-state index contributed by atoms with van der Waals surface area (Å²) in [6.45, 7) is 10.7. The van der Waals surface area contributed by atoms with Crippen LogP contribution in [0.1, 0.15) is 38.3 Å². The molecule has 0 aliphatic heterocycles. The van der Waals surface area contributed by atoms with Gasteiger partial charge in [-0.05, 0) is 62.4 Å². The molecule has 158 valence electrons. The number of nitrogens with one attached hydrogen (secondary N) is 1. The molecule has 0 radical (unpaired) electrons. The van der Waals surface area contributed by atoms with Gasteiger partial charge in [-0.2, -0.15) is 0 Å². The van der Waals surface area contributed by atoms with E-state index in [4.69, 9.17) is 4.98 Å². The molecular weight excluding hydrogens is 394 g/mol. The lowest BCUT2D eigenvalue weighted by atomic mass is 10.1. The largest absolute Gasteiger partial charge is 0.325 e. The van der Waals surface area contributed by atoms with Gasteiger partial charge in [0.25, 0.3) is 5.56 Å². The second kappa shape index (κ2) is 9.47. The van der Waals surface area contributed by atoms with Crippen molar-refractivity contribution in [3.05, 3.63) is 63.9 Å². The number of para-hydroxylation sites is 1. The number of hydrogen-bond acceptors (Lipinski definition) is 4. The van der Waals surface area contributed by atoms with Gasteiger partial charge in [0.2, 0.25) is 5.91 Å². The zero-order valence-corrected chi connectivity index (χ0v) is 19.0. The molecule has 3 aromatic rings. The second-order valence-corrected chi connectivity index (χ2v) is 9.43. The fourth-order valence-corrected chi connectivity index (χ4v) is 4.07. The summed E-state index contributed by atoms with van der Waals surface area (Å²) in [7, 11) is 0. The molecule has 0 aliphatic rings. The van der Waals surface area contributed by atoms with E-state index < -0.39 is 5.25 Å². The Labute approximate surface area is 181 Å². The molecule has 1 atom stereocenters. The smallest absolute Gasteiger partial charge is 0.262 e. The van der Waals surface area contributed by atoms with E-state index in [-0.39, 0.29) is 11.5 Å². The minimum Gasteiger partial charge on any atom is -0.325 e. The minimum atomic E-state index is -0.400. The predicted molar refractivity (Wildman–Crippen MR) is 125 cm³/mol. The number of fused-ring (bicyclic) bond motifs is 1. The first-order chi connectivity index (χ1) is 14.3. The topological polar surface area (TPSA) is 64.0 Å². The maximum atomic E-state index is 13.1. The summed E-state index contributed by atoms with van der Waals surface area (Å²) in [5.41, 5.74) is 3.54. The lowest BCUT2D eigenvalue weighted by Crippen LogP contribution is -2.27. The Bertz CT molecular complexity index is 1120. The van der Waals surface area contributed by atoms with Crippen LogP contribution in [0.2, 0.25) is 0 Å². The van der Waals surface area contributed by atoms with Crippen molar-refractivity contribution in [1.82, 2.24) is 9.55 Å². The van der Waals surface area contributed by atoms with Crippen LogP contribution in [0.4, 0.5) is 5.69 Å². The monoisotopic (exact) mass is 423 g/mol. The van der Waals surface area contributed by atoms with Crippen molar-refractivity contribution in [3.8, 4) is 0 Å². The van der Waals surface area contributed by atoms with Crippen molar-refractivity contribution >= 4 is 34.3 Å². The van der Waals surface area contributed by atoms with Crippen LogP contribution in [0.15, 0.2) is 52.4 Å². The van der Waals surface area contributed by atoms with Gasteiger partial charge in [-0.3, -0.25) is 14.2 Å². The Morgan fingerprint density at radius 1 is 1.13 bits per heavy atom. The minimum absolute atomic E-state index is 0.0501. The van der Waals surface area contributed by atoms with Crippen molar-refractivity contribution in [3.63, 3.8) is 0 Å². The van der Waals surface area contributed by atoms with E-state index in [9.17, 15) is 9.59 Å². The second-order valence-electron chi connectivity index (χ2n) is 8.12. The Balaban J connectivity index is 1.89. The van der Waals surface area contributed by atoms with E-state index in [1.165, 1.54) is 11.8 Å². The van der Waals surface area contributed by atoms with Crippen LogP contribution in [-0.4, -0.2) is 20.7 Å². The molecule has 1 amide bonds. The maximum absolute atomic E-state index is 13.1. The standard InChI is InChI=1S/C24H29N3O2S/c1-15(2)12-13-27-23(29)19-8-6-7-9-20(19)26-24(27)30-18(5)22(28)25-21-14-16(3)10-11-17(21)4/h6-11,14-15,18H,12-13H2,1-5H3,(H,25,28)/t18-/m0/s1. The van der Waals surface area contributed by atoms with E-state index in [1.807, 2.05) is 63.2 Å². The summed E-state index contributed by atoms with van der Waals surface area (Å²) in [4.78, 5) is 30.7. The van der Waals surface area contributed by atoms with E-state index >= 15 is 0 Å². The molecule has 2 aromatic carbocycles. The zero-order valence-electron chi connectivity index (χ0n) is 18.2. The lowest BCUT2D eigenvalue weighted by molar-refractivity contribution is -0.115. The van der Waals surface area contributed by atoms with Gasteiger partial charge in [-0.1, -0.05) is 49.9 Å². The highest BCUT2D eigenvalue weighted by molar-refractivity contribution is 8.00. The quantitative estimate of drug-likeness (QED) is 0.420. The third-order valence-corrected chi connectivity index (χ3v) is 6.15. The van der Waals surface area contributed by atoms with Gasteiger partial charge in [0.1, 0.15) is 0 Å². The fourth-order valence-electron chi connectivity index (χ4n) is 3.14. The molecule has 0 fully saturated rings. The fraction of sp³-hybridized carbons (Fsp3) is 0.375. The number of thioether (sulfide) groups is 1. The van der Waals surface area contributed by atoms with Gasteiger partial charge in [0, 0.05) is 12.2 Å². The number of carbonyl (C=O) groups is 1. The molecule has 5 nitrogen and oxygen atoms in total. The predicted octanol–water partition coefficient (Wildman–Crippen LogP) is 5.18. The average Bonchev–Trinajstić information content (AvgIpc) is 2.70. The summed E-state index contributed by atoms with van der Waals surface area (Å²) < 4.78 is 1.72. The SMILES string of the molecule is Cc1ccc(C)c(NC(=O)[C@H](C)Sc2nc3ccccc3c(=O)n2CCC(C)C)c1. The average molecular weight is 424 g/mol. The molecular formula is C24H29N3O2S. The highest BCUT2D eigenvalue weighted by Crippen LogP contribution is 2.25. The van der Waals surface area contributed by atoms with Gasteiger partial charge in [-0.15, -0.1) is 0 Å². The normalized spacial score (nSPS) is 12.3. The third-order valence-electron chi connectivity index (χ3n) is 5.06. The molecule has 0 unspecified atom stereocenters. The summed E-state index contributed by atoms with van der Waals surface area (Å²) in [6.07, 6.45) is 0.872. The number of rotatable bonds is 7. The van der Waals surface area contributed by atoms with Crippen molar-refractivity contribution in [2.45, 2.75) is 58.0 Å². The van der Waals surface area contributed by atoms with Crippen molar-refractivity contribution in [1.29, 1.82) is 0 Å². The number of aromatic nitrogens is 2. The summed E-state index contributed by atoms with van der Waals surface area (Å²) >= 11 is 1.33. The van der Waals surface area contributed by atoms with E-state index in [2.05, 4.69) is 19.2 Å². The Kier molecular flexibility index (Phi) is 6.98. The Morgan fingerprint density at radius 3 is 2.60 bits per heavy atom. The van der Waals surface area contributed by atoms with Gasteiger partial charge >= 0.3 is 0 Å². The van der Waals surface area contributed by atoms with E-state index in [1.54, 1.807) is 4.57 Å². The first-order valence-electron chi connectivity index (χ1n) is 10.3. The highest BCUT2D eigenvalue weighted by Gasteiger charge is 2.20. The first kappa shape index (κ1) is 22.1. The Hall–Kier alpha value is -2.60. The Morgan fingerprint density at radius 2 is 1.87 bits per heavy atom. The number of nitrogens with zero attached hydrogens (tertiary/aromatic N) is 2. The van der Waals surface area contributed by atoms with Gasteiger partial charge in [-0.25, -0.2) is 4.98 Å². The van der Waals surface area contributed by atoms with Crippen LogP contribution >= 0.6 is 11.8 Å². The van der Waals surface area contributed by atoms with Gasteiger partial charge in [0.15, 0.2) is 5.16 Å². The number of aryl methyl sites for hydroxylation is 2. The molecule has 30 heavy (non-hydrogen) atoms. The molecule has 0 saturated carbocycles. The summed E-state index contributed by atoms with van der Waals surface area (Å²) in [5, 5.41) is 3.81. The first-order valence-corrected chi connectivity index (χ1v) is 11.2. The third kappa shape index (κ3) is 5.11. The lowest BCUT2D eigenvalue weighted by Gasteiger charge is -2.17. The zero-order chi connectivity index (χ0) is 21.8. The number of carbonyl (C=O) groups excluding carboxylic acids is 1. The van der Waals surface area contributed by atoms with Gasteiger partial charge in [0.05, 0.1) is 16.2 Å². The molecule has 1 heterocycles. The molecule has 0 spiro atoms. The van der Waals surface area contributed by atoms with Crippen molar-refractivity contribution < 1.29 is 4.79 Å². The molecule has 0 aliphatic carbocycles. The molecule has 0 bridgehead atoms. The molecule has 1 N–H and O–H groups in total. The molecule has 0 saturated heterocycles. The van der Waals surface area contributed by atoms with Crippen LogP contribution in [0, 0.1) is 19.8 Å². The molecule has 1 aromatic heterocycles. The number of anilines is 1. The van der Waals surface area contributed by atoms with Crippen LogP contribution in [-0.2, 0) is 11.3 Å². The molecule has 3 rings (SSSR count). The van der Waals surface area contributed by atoms with E-state index in [0.717, 1.165) is 23.2 Å². The molecule has 6 heteroatoms. The summed E-state index contributed by atoms with van der Waals surface area (Å²) in [5.74, 6) is 0.359. The van der Waals surface area contributed by atoms with Crippen molar-refractivity contribution in [2.24, 2.45) is 5.92 Å².